The van der Waals surface area contributed by atoms with Crippen molar-refractivity contribution in [3.05, 3.63) is 65.7 Å². The second-order valence-corrected chi connectivity index (χ2v) is 7.60. The number of aryl methyl sites for hydroxylation is 1. The fourth-order valence-corrected chi connectivity index (χ4v) is 3.33. The summed E-state index contributed by atoms with van der Waals surface area (Å²) in [5.41, 5.74) is 2.51. The van der Waals surface area contributed by atoms with Crippen LogP contribution in [0.25, 0.3) is 0 Å². The molecular weight excluding hydrogens is 380 g/mol. The van der Waals surface area contributed by atoms with E-state index in [9.17, 15) is 14.4 Å². The van der Waals surface area contributed by atoms with E-state index in [0.29, 0.717) is 37.4 Å². The Labute approximate surface area is 177 Å². The average molecular weight is 409 g/mol. The number of anilines is 1. The van der Waals surface area contributed by atoms with Crippen molar-refractivity contribution in [3.63, 3.8) is 0 Å². The largest absolute Gasteiger partial charge is 0.336 e. The Morgan fingerprint density at radius 2 is 1.57 bits per heavy atom. The van der Waals surface area contributed by atoms with Crippen LogP contribution in [-0.4, -0.2) is 78.7 Å². The summed E-state index contributed by atoms with van der Waals surface area (Å²) in [7, 11) is 1.63. The number of nitrogens with zero attached hydrogens (tertiary/aromatic N) is 3. The van der Waals surface area contributed by atoms with Crippen molar-refractivity contribution in [1.82, 2.24) is 14.7 Å². The fourth-order valence-electron chi connectivity index (χ4n) is 3.33. The number of piperazine rings is 1. The first-order chi connectivity index (χ1) is 14.4. The van der Waals surface area contributed by atoms with E-state index in [1.807, 2.05) is 71.3 Å². The van der Waals surface area contributed by atoms with Crippen LogP contribution in [0.3, 0.4) is 0 Å². The number of amides is 3. The maximum absolute atomic E-state index is 12.5. The van der Waals surface area contributed by atoms with Crippen molar-refractivity contribution >= 4 is 23.4 Å². The molecule has 158 valence electrons. The number of rotatable bonds is 6. The van der Waals surface area contributed by atoms with Crippen molar-refractivity contribution in [1.29, 1.82) is 0 Å². The SMILES string of the molecule is Cc1ccc(NC(=O)CN(C)C(=O)CN2CCN(C(=O)c3ccccc3)CC2)cc1. The minimum absolute atomic E-state index is 0.000826. The van der Waals surface area contributed by atoms with E-state index < -0.39 is 0 Å². The third-order valence-corrected chi connectivity index (χ3v) is 5.18. The molecule has 3 amide bonds. The Balaban J connectivity index is 1.42. The number of carbonyl (C=O) groups excluding carboxylic acids is 3. The van der Waals surface area contributed by atoms with Gasteiger partial charge in [0.15, 0.2) is 0 Å². The van der Waals surface area contributed by atoms with Crippen molar-refractivity contribution in [2.75, 3.05) is 51.6 Å². The molecule has 0 spiro atoms. The molecule has 0 radical (unpaired) electrons. The molecule has 2 aromatic rings. The van der Waals surface area contributed by atoms with Crippen molar-refractivity contribution in [3.8, 4) is 0 Å². The van der Waals surface area contributed by atoms with Gasteiger partial charge in [-0.2, -0.15) is 0 Å². The molecule has 1 heterocycles. The number of benzene rings is 2. The summed E-state index contributed by atoms with van der Waals surface area (Å²) in [6, 6.07) is 16.7. The fraction of sp³-hybridized carbons (Fsp3) is 0.348. The first-order valence-corrected chi connectivity index (χ1v) is 10.1. The molecule has 7 heteroatoms. The average Bonchev–Trinajstić information content (AvgIpc) is 2.76. The van der Waals surface area contributed by atoms with Gasteiger partial charge in [-0.1, -0.05) is 35.9 Å². The summed E-state index contributed by atoms with van der Waals surface area (Å²) in [5, 5.41) is 2.80. The maximum Gasteiger partial charge on any atom is 0.253 e. The lowest BCUT2D eigenvalue weighted by Gasteiger charge is -2.35. The van der Waals surface area contributed by atoms with Crippen LogP contribution in [0.1, 0.15) is 15.9 Å². The smallest absolute Gasteiger partial charge is 0.253 e. The van der Waals surface area contributed by atoms with E-state index in [2.05, 4.69) is 5.32 Å². The van der Waals surface area contributed by atoms with Gasteiger partial charge < -0.3 is 15.1 Å². The van der Waals surface area contributed by atoms with E-state index in [0.717, 1.165) is 5.56 Å². The number of nitrogens with one attached hydrogen (secondary N) is 1. The van der Waals surface area contributed by atoms with Crippen LogP contribution in [0.15, 0.2) is 54.6 Å². The van der Waals surface area contributed by atoms with E-state index in [1.165, 1.54) is 4.90 Å². The third-order valence-electron chi connectivity index (χ3n) is 5.18. The van der Waals surface area contributed by atoms with E-state index in [4.69, 9.17) is 0 Å². The normalized spacial score (nSPS) is 14.3. The Kier molecular flexibility index (Phi) is 7.19. The van der Waals surface area contributed by atoms with Crippen LogP contribution in [0.5, 0.6) is 0 Å². The number of hydrogen-bond donors (Lipinski definition) is 1. The predicted octanol–water partition coefficient (Wildman–Crippen LogP) is 1.85. The van der Waals surface area contributed by atoms with Gasteiger partial charge in [-0.05, 0) is 31.2 Å². The zero-order valence-electron chi connectivity index (χ0n) is 17.5. The van der Waals surface area contributed by atoms with Gasteiger partial charge in [-0.15, -0.1) is 0 Å². The molecule has 3 rings (SSSR count). The number of carbonyl (C=O) groups is 3. The highest BCUT2D eigenvalue weighted by Gasteiger charge is 2.24. The van der Waals surface area contributed by atoms with Gasteiger partial charge in [0.2, 0.25) is 11.8 Å². The molecule has 2 aromatic carbocycles. The highest BCUT2D eigenvalue weighted by atomic mass is 16.2. The van der Waals surface area contributed by atoms with Gasteiger partial charge in [-0.3, -0.25) is 19.3 Å². The molecule has 0 atom stereocenters. The Morgan fingerprint density at radius 1 is 0.933 bits per heavy atom. The zero-order valence-corrected chi connectivity index (χ0v) is 17.5. The Morgan fingerprint density at radius 3 is 2.20 bits per heavy atom. The lowest BCUT2D eigenvalue weighted by molar-refractivity contribution is -0.134. The number of hydrogen-bond acceptors (Lipinski definition) is 4. The lowest BCUT2D eigenvalue weighted by Crippen LogP contribution is -2.51. The molecule has 0 saturated carbocycles. The quantitative estimate of drug-likeness (QED) is 0.792. The summed E-state index contributed by atoms with van der Waals surface area (Å²) in [6.45, 7) is 4.65. The lowest BCUT2D eigenvalue weighted by atomic mass is 10.2. The van der Waals surface area contributed by atoms with Crippen molar-refractivity contribution in [2.24, 2.45) is 0 Å². The van der Waals surface area contributed by atoms with E-state index in [-0.39, 0.29) is 30.8 Å². The summed E-state index contributed by atoms with van der Waals surface area (Å²) in [5.74, 6) is -0.323. The van der Waals surface area contributed by atoms with Crippen LogP contribution >= 0.6 is 0 Å². The molecule has 1 N–H and O–H groups in total. The van der Waals surface area contributed by atoms with E-state index >= 15 is 0 Å². The van der Waals surface area contributed by atoms with Crippen molar-refractivity contribution < 1.29 is 14.4 Å². The van der Waals surface area contributed by atoms with Gasteiger partial charge in [0.25, 0.3) is 5.91 Å². The minimum Gasteiger partial charge on any atom is -0.336 e. The van der Waals surface area contributed by atoms with Crippen molar-refractivity contribution in [2.45, 2.75) is 6.92 Å². The van der Waals surface area contributed by atoms with Gasteiger partial charge >= 0.3 is 0 Å². The molecule has 30 heavy (non-hydrogen) atoms. The monoisotopic (exact) mass is 408 g/mol. The molecule has 1 fully saturated rings. The van der Waals surface area contributed by atoms with Gasteiger partial charge in [-0.25, -0.2) is 0 Å². The zero-order chi connectivity index (χ0) is 21.5. The molecule has 1 aliphatic rings. The summed E-state index contributed by atoms with van der Waals surface area (Å²) in [6.07, 6.45) is 0. The summed E-state index contributed by atoms with van der Waals surface area (Å²) >= 11 is 0. The second-order valence-electron chi connectivity index (χ2n) is 7.60. The molecule has 0 unspecified atom stereocenters. The molecule has 1 aliphatic heterocycles. The van der Waals surface area contributed by atoms with Crippen LogP contribution in [0.4, 0.5) is 5.69 Å². The summed E-state index contributed by atoms with van der Waals surface area (Å²) < 4.78 is 0. The minimum atomic E-state index is -0.229. The highest BCUT2D eigenvalue weighted by molar-refractivity contribution is 5.95. The standard InChI is InChI=1S/C23H28N4O3/c1-18-8-10-20(11-9-18)24-21(28)16-25(2)22(29)17-26-12-14-27(15-13-26)23(30)19-6-4-3-5-7-19/h3-11H,12-17H2,1-2H3,(H,24,28). The highest BCUT2D eigenvalue weighted by Crippen LogP contribution is 2.10. The molecule has 0 bridgehead atoms. The Bertz CT molecular complexity index is 875. The van der Waals surface area contributed by atoms with Crippen LogP contribution in [0, 0.1) is 6.92 Å². The molecule has 0 aromatic heterocycles. The second kappa shape index (κ2) is 10.0. The van der Waals surface area contributed by atoms with Crippen LogP contribution in [-0.2, 0) is 9.59 Å². The Hall–Kier alpha value is -3.19. The number of likely N-dealkylation sites (N-methyl/N-ethyl adjacent to an activating group) is 1. The molecule has 1 saturated heterocycles. The van der Waals surface area contributed by atoms with Gasteiger partial charge in [0, 0.05) is 44.5 Å². The van der Waals surface area contributed by atoms with Gasteiger partial charge in [0.05, 0.1) is 13.1 Å². The topological polar surface area (TPSA) is 73.0 Å². The predicted molar refractivity (Wildman–Crippen MR) is 116 cm³/mol. The van der Waals surface area contributed by atoms with Gasteiger partial charge in [0.1, 0.15) is 0 Å². The van der Waals surface area contributed by atoms with E-state index in [1.54, 1.807) is 7.05 Å². The summed E-state index contributed by atoms with van der Waals surface area (Å²) in [4.78, 5) is 42.5. The van der Waals surface area contributed by atoms with Crippen LogP contribution in [0.2, 0.25) is 0 Å². The first kappa shape index (κ1) is 21.5. The maximum atomic E-state index is 12.5. The van der Waals surface area contributed by atoms with Crippen LogP contribution < -0.4 is 5.32 Å². The first-order valence-electron chi connectivity index (χ1n) is 10.1. The molecule has 0 aliphatic carbocycles. The molecular formula is C23H28N4O3. The molecule has 7 nitrogen and oxygen atoms in total. The third kappa shape index (κ3) is 5.90.